The second kappa shape index (κ2) is 7.44. The first-order chi connectivity index (χ1) is 12.2. The number of carbonyl (C=O) groups is 2. The number of amides is 2. The standard InChI is InChI=1S/C19H18N4O2/c1-2-14-12-17(23-22-14)19(25)21-16-10-6-9-15(11-16)20-18(24)13-7-4-3-5-8-13/h3-12H,2H2,1H3,(H,20,24)(H,21,25)(H,22,23). The summed E-state index contributed by atoms with van der Waals surface area (Å²) < 4.78 is 0. The normalized spacial score (nSPS) is 10.3. The minimum absolute atomic E-state index is 0.205. The average molecular weight is 334 g/mol. The Morgan fingerprint density at radius 3 is 2.24 bits per heavy atom. The largest absolute Gasteiger partial charge is 0.322 e. The smallest absolute Gasteiger partial charge is 0.276 e. The van der Waals surface area contributed by atoms with Crippen LogP contribution in [0.15, 0.2) is 60.7 Å². The molecule has 0 spiro atoms. The first kappa shape index (κ1) is 16.4. The van der Waals surface area contributed by atoms with Crippen LogP contribution in [0.2, 0.25) is 0 Å². The van der Waals surface area contributed by atoms with Crippen molar-refractivity contribution in [1.29, 1.82) is 0 Å². The van der Waals surface area contributed by atoms with E-state index >= 15 is 0 Å². The van der Waals surface area contributed by atoms with Crippen molar-refractivity contribution in [3.05, 3.63) is 77.6 Å². The molecule has 1 heterocycles. The van der Waals surface area contributed by atoms with Gasteiger partial charge in [-0.15, -0.1) is 0 Å². The van der Waals surface area contributed by atoms with Gasteiger partial charge in [-0.1, -0.05) is 31.2 Å². The van der Waals surface area contributed by atoms with Crippen molar-refractivity contribution in [3.8, 4) is 0 Å². The monoisotopic (exact) mass is 334 g/mol. The highest BCUT2D eigenvalue weighted by atomic mass is 16.2. The molecule has 0 radical (unpaired) electrons. The number of hydrogen-bond acceptors (Lipinski definition) is 3. The van der Waals surface area contributed by atoms with Crippen LogP contribution in [0.4, 0.5) is 11.4 Å². The number of H-pyrrole nitrogens is 1. The fourth-order valence-corrected chi connectivity index (χ4v) is 2.32. The zero-order valence-electron chi connectivity index (χ0n) is 13.7. The van der Waals surface area contributed by atoms with Gasteiger partial charge in [0.2, 0.25) is 0 Å². The second-order valence-electron chi connectivity index (χ2n) is 5.49. The molecule has 0 fully saturated rings. The third-order valence-electron chi connectivity index (χ3n) is 3.66. The topological polar surface area (TPSA) is 86.9 Å². The van der Waals surface area contributed by atoms with Crippen LogP contribution >= 0.6 is 0 Å². The predicted molar refractivity (Wildman–Crippen MR) is 96.8 cm³/mol. The van der Waals surface area contributed by atoms with Gasteiger partial charge < -0.3 is 10.6 Å². The molecule has 0 saturated carbocycles. The summed E-state index contributed by atoms with van der Waals surface area (Å²) >= 11 is 0. The van der Waals surface area contributed by atoms with E-state index in [4.69, 9.17) is 0 Å². The van der Waals surface area contributed by atoms with Crippen LogP contribution in [-0.2, 0) is 6.42 Å². The third kappa shape index (κ3) is 4.11. The van der Waals surface area contributed by atoms with Crippen LogP contribution in [0, 0.1) is 0 Å². The van der Waals surface area contributed by atoms with Gasteiger partial charge in [-0.25, -0.2) is 0 Å². The molecule has 0 aliphatic rings. The highest BCUT2D eigenvalue weighted by molar-refractivity contribution is 6.05. The highest BCUT2D eigenvalue weighted by Gasteiger charge is 2.11. The van der Waals surface area contributed by atoms with Crippen LogP contribution < -0.4 is 10.6 Å². The van der Waals surface area contributed by atoms with Gasteiger partial charge >= 0.3 is 0 Å². The van der Waals surface area contributed by atoms with Crippen LogP contribution in [0.3, 0.4) is 0 Å². The van der Waals surface area contributed by atoms with Crippen LogP contribution in [0.5, 0.6) is 0 Å². The van der Waals surface area contributed by atoms with Crippen molar-refractivity contribution in [3.63, 3.8) is 0 Å². The van der Waals surface area contributed by atoms with Crippen molar-refractivity contribution >= 4 is 23.2 Å². The van der Waals surface area contributed by atoms with Crippen molar-refractivity contribution < 1.29 is 9.59 Å². The predicted octanol–water partition coefficient (Wildman–Crippen LogP) is 3.48. The van der Waals surface area contributed by atoms with Gasteiger partial charge in [0.1, 0.15) is 0 Å². The molecule has 3 rings (SSSR count). The van der Waals surface area contributed by atoms with Gasteiger partial charge in [0, 0.05) is 22.6 Å². The Bertz CT molecular complexity index is 887. The Morgan fingerprint density at radius 1 is 0.920 bits per heavy atom. The number of hydrogen-bond donors (Lipinski definition) is 3. The Labute approximate surface area is 145 Å². The first-order valence-electron chi connectivity index (χ1n) is 7.98. The number of carbonyl (C=O) groups excluding carboxylic acids is 2. The Morgan fingerprint density at radius 2 is 1.60 bits per heavy atom. The number of aryl methyl sites for hydroxylation is 1. The maximum atomic E-state index is 12.2. The highest BCUT2D eigenvalue weighted by Crippen LogP contribution is 2.17. The van der Waals surface area contributed by atoms with E-state index < -0.39 is 0 Å². The molecule has 2 amide bonds. The summed E-state index contributed by atoms with van der Waals surface area (Å²) in [5, 5.41) is 12.4. The van der Waals surface area contributed by atoms with Crippen molar-refractivity contribution in [2.24, 2.45) is 0 Å². The summed E-state index contributed by atoms with van der Waals surface area (Å²) in [7, 11) is 0. The molecule has 0 saturated heterocycles. The molecule has 3 aromatic rings. The van der Waals surface area contributed by atoms with E-state index in [1.807, 2.05) is 13.0 Å². The first-order valence-corrected chi connectivity index (χ1v) is 7.98. The fourth-order valence-electron chi connectivity index (χ4n) is 2.32. The van der Waals surface area contributed by atoms with Crippen molar-refractivity contribution in [2.75, 3.05) is 10.6 Å². The molecular weight excluding hydrogens is 316 g/mol. The van der Waals surface area contributed by atoms with E-state index in [0.717, 1.165) is 12.1 Å². The number of nitrogens with zero attached hydrogens (tertiary/aromatic N) is 1. The maximum Gasteiger partial charge on any atom is 0.276 e. The van der Waals surface area contributed by atoms with Gasteiger partial charge in [-0.05, 0) is 42.8 Å². The number of rotatable bonds is 5. The van der Waals surface area contributed by atoms with Crippen molar-refractivity contribution in [2.45, 2.75) is 13.3 Å². The van der Waals surface area contributed by atoms with Gasteiger partial charge in [0.15, 0.2) is 5.69 Å². The van der Waals surface area contributed by atoms with Gasteiger partial charge in [0.25, 0.3) is 11.8 Å². The summed E-state index contributed by atoms with van der Waals surface area (Å²) in [6.45, 7) is 1.98. The van der Waals surface area contributed by atoms with Crippen LogP contribution in [0.25, 0.3) is 0 Å². The molecule has 0 aliphatic heterocycles. The lowest BCUT2D eigenvalue weighted by molar-refractivity contribution is 0.101. The molecule has 126 valence electrons. The molecule has 0 bridgehead atoms. The maximum absolute atomic E-state index is 12.2. The summed E-state index contributed by atoms with van der Waals surface area (Å²) in [6, 6.07) is 17.6. The molecular formula is C19H18N4O2. The van der Waals surface area contributed by atoms with E-state index in [-0.39, 0.29) is 11.8 Å². The lowest BCUT2D eigenvalue weighted by atomic mass is 10.2. The summed E-state index contributed by atoms with van der Waals surface area (Å²) in [4.78, 5) is 24.4. The van der Waals surface area contributed by atoms with E-state index in [0.29, 0.717) is 22.6 Å². The van der Waals surface area contributed by atoms with E-state index in [1.54, 1.807) is 54.6 Å². The SMILES string of the molecule is CCc1cc(C(=O)Nc2cccc(NC(=O)c3ccccc3)c2)n[nH]1. The second-order valence-corrected chi connectivity index (χ2v) is 5.49. The number of nitrogens with one attached hydrogen (secondary N) is 3. The molecule has 6 heteroatoms. The molecule has 0 unspecified atom stereocenters. The number of aromatic nitrogens is 2. The molecule has 25 heavy (non-hydrogen) atoms. The lowest BCUT2D eigenvalue weighted by Crippen LogP contribution is -2.14. The molecule has 6 nitrogen and oxygen atoms in total. The minimum atomic E-state index is -0.303. The zero-order chi connectivity index (χ0) is 17.6. The van der Waals surface area contributed by atoms with Gasteiger partial charge in [-0.3, -0.25) is 14.7 Å². The summed E-state index contributed by atoms with van der Waals surface area (Å²) in [5.41, 5.74) is 2.98. The quantitative estimate of drug-likeness (QED) is 0.667. The minimum Gasteiger partial charge on any atom is -0.322 e. The Hall–Kier alpha value is -3.41. The molecule has 1 aromatic heterocycles. The Balaban J connectivity index is 1.69. The Kier molecular flexibility index (Phi) is 4.89. The average Bonchev–Trinajstić information content (AvgIpc) is 3.12. The van der Waals surface area contributed by atoms with Gasteiger partial charge in [0.05, 0.1) is 0 Å². The number of benzene rings is 2. The summed E-state index contributed by atoms with van der Waals surface area (Å²) in [6.07, 6.45) is 0.779. The van der Waals surface area contributed by atoms with Crippen LogP contribution in [0.1, 0.15) is 33.5 Å². The van der Waals surface area contributed by atoms with Gasteiger partial charge in [-0.2, -0.15) is 5.10 Å². The van der Waals surface area contributed by atoms with Crippen molar-refractivity contribution in [1.82, 2.24) is 10.2 Å². The van der Waals surface area contributed by atoms with E-state index in [9.17, 15) is 9.59 Å². The summed E-state index contributed by atoms with van der Waals surface area (Å²) in [5.74, 6) is -0.508. The molecule has 2 aromatic carbocycles. The zero-order valence-corrected chi connectivity index (χ0v) is 13.7. The van der Waals surface area contributed by atoms with Crippen LogP contribution in [-0.4, -0.2) is 22.0 Å². The third-order valence-corrected chi connectivity index (χ3v) is 3.66. The van der Waals surface area contributed by atoms with E-state index in [1.165, 1.54) is 0 Å². The lowest BCUT2D eigenvalue weighted by Gasteiger charge is -2.08. The number of aromatic amines is 1. The fraction of sp³-hybridized carbons (Fsp3) is 0.105. The number of anilines is 2. The van der Waals surface area contributed by atoms with E-state index in [2.05, 4.69) is 20.8 Å². The molecule has 3 N–H and O–H groups in total. The molecule has 0 atom stereocenters. The molecule has 0 aliphatic carbocycles.